The van der Waals surface area contributed by atoms with Gasteiger partial charge in [-0.05, 0) is 38.5 Å². The van der Waals surface area contributed by atoms with Gasteiger partial charge in [0, 0.05) is 10.8 Å². The fraction of sp³-hybridized carbons (Fsp3) is 0.238. The van der Waals surface area contributed by atoms with E-state index >= 15 is 0 Å². The second kappa shape index (κ2) is 6.02. The fourth-order valence-corrected chi connectivity index (χ4v) is 3.69. The van der Waals surface area contributed by atoms with Crippen LogP contribution in [0.5, 0.6) is 0 Å². The Kier molecular flexibility index (Phi) is 3.80. The van der Waals surface area contributed by atoms with Gasteiger partial charge < -0.3 is 13.9 Å². The SMILES string of the molecule is CCOC(=O)c1c(C(=O)OCC)c2c3ccccc3c3cc(C)cc1n32. The highest BCUT2D eigenvalue weighted by molar-refractivity contribution is 6.23. The summed E-state index contributed by atoms with van der Waals surface area (Å²) in [6, 6.07) is 11.9. The number of hydrogen-bond acceptors (Lipinski definition) is 4. The zero-order chi connectivity index (χ0) is 18.4. The summed E-state index contributed by atoms with van der Waals surface area (Å²) in [5.74, 6) is -1.01. The molecule has 26 heavy (non-hydrogen) atoms. The Bertz CT molecular complexity index is 1160. The predicted octanol–water partition coefficient (Wildman–Crippen LogP) is 4.35. The van der Waals surface area contributed by atoms with Gasteiger partial charge in [-0.25, -0.2) is 9.59 Å². The Morgan fingerprint density at radius 1 is 0.885 bits per heavy atom. The number of aromatic nitrogens is 1. The van der Waals surface area contributed by atoms with E-state index in [1.54, 1.807) is 13.8 Å². The van der Waals surface area contributed by atoms with Crippen LogP contribution in [0.4, 0.5) is 0 Å². The summed E-state index contributed by atoms with van der Waals surface area (Å²) in [6.45, 7) is 5.95. The number of nitrogens with zero attached hydrogens (tertiary/aromatic N) is 1. The molecule has 0 N–H and O–H groups in total. The van der Waals surface area contributed by atoms with E-state index in [1.807, 2.05) is 41.7 Å². The molecule has 0 saturated carbocycles. The van der Waals surface area contributed by atoms with E-state index in [0.29, 0.717) is 11.0 Å². The van der Waals surface area contributed by atoms with Crippen LogP contribution in [-0.2, 0) is 9.47 Å². The topological polar surface area (TPSA) is 57.0 Å². The van der Waals surface area contributed by atoms with E-state index in [-0.39, 0.29) is 24.3 Å². The van der Waals surface area contributed by atoms with E-state index in [0.717, 1.165) is 21.9 Å². The molecule has 0 fully saturated rings. The third-order valence-corrected chi connectivity index (χ3v) is 4.59. The molecule has 3 aromatic heterocycles. The maximum absolute atomic E-state index is 12.8. The van der Waals surface area contributed by atoms with Crippen LogP contribution >= 0.6 is 0 Å². The lowest BCUT2D eigenvalue weighted by molar-refractivity contribution is 0.0483. The molecule has 0 aliphatic heterocycles. The van der Waals surface area contributed by atoms with Crippen LogP contribution in [0.15, 0.2) is 36.4 Å². The van der Waals surface area contributed by atoms with Crippen LogP contribution in [0.25, 0.3) is 27.3 Å². The molecule has 0 aliphatic rings. The molecule has 3 heterocycles. The lowest BCUT2D eigenvalue weighted by Crippen LogP contribution is -2.12. The molecule has 0 spiro atoms. The summed E-state index contributed by atoms with van der Waals surface area (Å²) < 4.78 is 12.5. The minimum atomic E-state index is -0.505. The molecule has 0 radical (unpaired) electrons. The summed E-state index contributed by atoms with van der Waals surface area (Å²) in [6.07, 6.45) is 0. The van der Waals surface area contributed by atoms with E-state index in [9.17, 15) is 9.59 Å². The summed E-state index contributed by atoms with van der Waals surface area (Å²) in [7, 11) is 0. The number of esters is 2. The number of rotatable bonds is 4. The Morgan fingerprint density at radius 3 is 2.12 bits per heavy atom. The first-order chi connectivity index (χ1) is 12.6. The number of carbonyl (C=O) groups is 2. The zero-order valence-electron chi connectivity index (χ0n) is 15.0. The summed E-state index contributed by atoms with van der Waals surface area (Å²) in [5.41, 5.74) is 3.91. The highest BCUT2D eigenvalue weighted by atomic mass is 16.5. The van der Waals surface area contributed by atoms with Gasteiger partial charge in [0.05, 0.1) is 29.8 Å². The van der Waals surface area contributed by atoms with Crippen LogP contribution in [-0.4, -0.2) is 29.6 Å². The minimum absolute atomic E-state index is 0.236. The van der Waals surface area contributed by atoms with Gasteiger partial charge in [0.1, 0.15) is 11.1 Å². The molecule has 1 aromatic carbocycles. The van der Waals surface area contributed by atoms with Gasteiger partial charge in [0.25, 0.3) is 0 Å². The monoisotopic (exact) mass is 349 g/mol. The van der Waals surface area contributed by atoms with Crippen LogP contribution in [0.1, 0.15) is 40.1 Å². The number of fused-ring (bicyclic) bond motifs is 3. The molecule has 4 rings (SSSR count). The van der Waals surface area contributed by atoms with Crippen molar-refractivity contribution >= 4 is 39.3 Å². The van der Waals surface area contributed by atoms with Crippen molar-refractivity contribution in [3.63, 3.8) is 0 Å². The molecule has 5 heteroatoms. The Balaban J connectivity index is 2.23. The number of hydrogen-bond donors (Lipinski definition) is 0. The lowest BCUT2D eigenvalue weighted by Gasteiger charge is -2.06. The Hall–Kier alpha value is -3.08. The largest absolute Gasteiger partial charge is 0.462 e. The van der Waals surface area contributed by atoms with E-state index in [4.69, 9.17) is 9.47 Å². The van der Waals surface area contributed by atoms with Crippen LogP contribution < -0.4 is 0 Å². The highest BCUT2D eigenvalue weighted by Crippen LogP contribution is 2.38. The molecular weight excluding hydrogens is 330 g/mol. The van der Waals surface area contributed by atoms with E-state index in [1.165, 1.54) is 0 Å². The highest BCUT2D eigenvalue weighted by Gasteiger charge is 2.31. The van der Waals surface area contributed by atoms with Crippen molar-refractivity contribution in [3.05, 3.63) is 53.1 Å². The standard InChI is InChI=1S/C21H19NO4/c1-4-25-20(23)17-16-11-12(3)10-15-13-8-6-7-9-14(13)19(22(15)16)18(17)21(24)26-5-2/h6-11H,4-5H2,1-3H3. The molecule has 0 atom stereocenters. The zero-order valence-corrected chi connectivity index (χ0v) is 15.0. The molecule has 0 saturated heterocycles. The summed E-state index contributed by atoms with van der Waals surface area (Å²) >= 11 is 0. The number of ether oxygens (including phenoxy) is 2. The molecule has 0 unspecified atom stereocenters. The van der Waals surface area contributed by atoms with Gasteiger partial charge in [0.15, 0.2) is 0 Å². The third kappa shape index (κ3) is 2.17. The average Bonchev–Trinajstić information content (AvgIpc) is 3.12. The first kappa shape index (κ1) is 16.4. The number of carbonyl (C=O) groups excluding carboxylic acids is 2. The molecule has 4 aromatic rings. The third-order valence-electron chi connectivity index (χ3n) is 4.59. The summed E-state index contributed by atoms with van der Waals surface area (Å²) in [5, 5.41) is 1.96. The number of aryl methyl sites for hydroxylation is 1. The first-order valence-corrected chi connectivity index (χ1v) is 8.71. The fourth-order valence-electron chi connectivity index (χ4n) is 3.69. The van der Waals surface area contributed by atoms with Gasteiger partial charge in [-0.1, -0.05) is 24.3 Å². The van der Waals surface area contributed by atoms with Gasteiger partial charge in [-0.3, -0.25) is 0 Å². The second-order valence-electron chi connectivity index (χ2n) is 6.22. The summed E-state index contributed by atoms with van der Waals surface area (Å²) in [4.78, 5) is 25.5. The molecule has 0 aliphatic carbocycles. The second-order valence-corrected chi connectivity index (χ2v) is 6.22. The van der Waals surface area contributed by atoms with E-state index < -0.39 is 11.9 Å². The normalized spacial score (nSPS) is 11.5. The molecular formula is C21H19NO4. The Labute approximate surface area is 150 Å². The number of pyridine rings is 1. The lowest BCUT2D eigenvalue weighted by atomic mass is 10.0. The van der Waals surface area contributed by atoms with Crippen molar-refractivity contribution in [2.24, 2.45) is 0 Å². The van der Waals surface area contributed by atoms with Crippen molar-refractivity contribution in [1.82, 2.24) is 4.40 Å². The van der Waals surface area contributed by atoms with Crippen molar-refractivity contribution in [2.75, 3.05) is 13.2 Å². The van der Waals surface area contributed by atoms with Crippen molar-refractivity contribution < 1.29 is 19.1 Å². The van der Waals surface area contributed by atoms with Crippen LogP contribution in [0, 0.1) is 6.92 Å². The van der Waals surface area contributed by atoms with Crippen molar-refractivity contribution in [1.29, 1.82) is 0 Å². The van der Waals surface area contributed by atoms with Crippen molar-refractivity contribution in [3.8, 4) is 0 Å². The minimum Gasteiger partial charge on any atom is -0.462 e. The van der Waals surface area contributed by atoms with Crippen LogP contribution in [0.3, 0.4) is 0 Å². The van der Waals surface area contributed by atoms with Crippen LogP contribution in [0.2, 0.25) is 0 Å². The van der Waals surface area contributed by atoms with Gasteiger partial charge >= 0.3 is 11.9 Å². The quantitative estimate of drug-likeness (QED) is 0.514. The molecule has 5 nitrogen and oxygen atoms in total. The van der Waals surface area contributed by atoms with E-state index in [2.05, 4.69) is 6.07 Å². The molecule has 132 valence electrons. The molecule has 0 bridgehead atoms. The number of benzene rings is 1. The first-order valence-electron chi connectivity index (χ1n) is 8.71. The predicted molar refractivity (Wildman–Crippen MR) is 100 cm³/mol. The maximum Gasteiger partial charge on any atom is 0.341 e. The Morgan fingerprint density at radius 2 is 1.46 bits per heavy atom. The maximum atomic E-state index is 12.8. The average molecular weight is 349 g/mol. The van der Waals surface area contributed by atoms with Crippen molar-refractivity contribution in [2.45, 2.75) is 20.8 Å². The van der Waals surface area contributed by atoms with Gasteiger partial charge in [-0.15, -0.1) is 0 Å². The van der Waals surface area contributed by atoms with Gasteiger partial charge in [0.2, 0.25) is 0 Å². The smallest absolute Gasteiger partial charge is 0.341 e. The molecule has 0 amide bonds. The van der Waals surface area contributed by atoms with Gasteiger partial charge in [-0.2, -0.15) is 0 Å².